The topological polar surface area (TPSA) is 54.3 Å². The van der Waals surface area contributed by atoms with Crippen molar-refractivity contribution in [2.24, 2.45) is 0 Å². The number of furan rings is 1. The van der Waals surface area contributed by atoms with E-state index in [0.29, 0.717) is 19.6 Å². The fraction of sp³-hybridized carbons (Fsp3) is 0.250. The summed E-state index contributed by atoms with van der Waals surface area (Å²) >= 11 is 4.69. The second-order valence-electron chi connectivity index (χ2n) is 3.62. The summed E-state index contributed by atoms with van der Waals surface area (Å²) in [4.78, 5) is 12.3. The Morgan fingerprint density at radius 3 is 2.89 bits per heavy atom. The van der Waals surface area contributed by atoms with Crippen LogP contribution in [-0.2, 0) is 6.54 Å². The van der Waals surface area contributed by atoms with E-state index in [1.807, 2.05) is 29.6 Å². The third kappa shape index (κ3) is 3.97. The SMILES string of the molecule is O=C(NCCNCc1ccc(Br)o1)c1cccs1. The molecule has 0 unspecified atom stereocenters. The summed E-state index contributed by atoms with van der Waals surface area (Å²) in [5.74, 6) is 0.846. The summed E-state index contributed by atoms with van der Waals surface area (Å²) in [6, 6.07) is 7.44. The predicted molar refractivity (Wildman–Crippen MR) is 74.8 cm³/mol. The van der Waals surface area contributed by atoms with Crippen LogP contribution < -0.4 is 10.6 Å². The highest BCUT2D eigenvalue weighted by atomic mass is 79.9. The lowest BCUT2D eigenvalue weighted by Crippen LogP contribution is -2.31. The molecule has 2 aromatic heterocycles. The molecule has 0 bridgehead atoms. The normalized spacial score (nSPS) is 10.5. The third-order valence-electron chi connectivity index (χ3n) is 2.26. The minimum Gasteiger partial charge on any atom is -0.453 e. The van der Waals surface area contributed by atoms with E-state index >= 15 is 0 Å². The molecule has 0 aromatic carbocycles. The first-order valence-corrected chi connectivity index (χ1v) is 7.19. The predicted octanol–water partition coefficient (Wildman–Crippen LogP) is 2.62. The molecule has 2 heterocycles. The van der Waals surface area contributed by atoms with Crippen molar-refractivity contribution < 1.29 is 9.21 Å². The summed E-state index contributed by atoms with van der Waals surface area (Å²) in [6.45, 7) is 1.95. The molecule has 2 aromatic rings. The Morgan fingerprint density at radius 1 is 1.33 bits per heavy atom. The van der Waals surface area contributed by atoms with E-state index < -0.39 is 0 Å². The van der Waals surface area contributed by atoms with Crippen LogP contribution in [0, 0.1) is 0 Å². The average molecular weight is 329 g/mol. The second kappa shape index (κ2) is 6.72. The standard InChI is InChI=1S/C12H13BrN2O2S/c13-11-4-3-9(17-11)8-14-5-6-15-12(16)10-2-1-7-18-10/h1-4,7,14H,5-6,8H2,(H,15,16). The number of carbonyl (C=O) groups is 1. The highest BCUT2D eigenvalue weighted by molar-refractivity contribution is 9.10. The molecule has 0 aliphatic carbocycles. The fourth-order valence-electron chi connectivity index (χ4n) is 1.42. The van der Waals surface area contributed by atoms with Gasteiger partial charge in [0.15, 0.2) is 4.67 Å². The van der Waals surface area contributed by atoms with E-state index in [9.17, 15) is 4.79 Å². The Morgan fingerprint density at radius 2 is 2.22 bits per heavy atom. The molecule has 6 heteroatoms. The Balaban J connectivity index is 1.60. The molecule has 0 fully saturated rings. The maximum Gasteiger partial charge on any atom is 0.261 e. The number of carbonyl (C=O) groups excluding carboxylic acids is 1. The van der Waals surface area contributed by atoms with E-state index in [-0.39, 0.29) is 5.91 Å². The Kier molecular flexibility index (Phi) is 4.98. The summed E-state index contributed by atoms with van der Waals surface area (Å²) in [5, 5.41) is 7.93. The second-order valence-corrected chi connectivity index (χ2v) is 5.35. The van der Waals surface area contributed by atoms with Crippen molar-refractivity contribution in [3.8, 4) is 0 Å². The van der Waals surface area contributed by atoms with Crippen LogP contribution in [0.3, 0.4) is 0 Å². The van der Waals surface area contributed by atoms with Crippen molar-refractivity contribution in [1.82, 2.24) is 10.6 Å². The van der Waals surface area contributed by atoms with Crippen molar-refractivity contribution >= 4 is 33.2 Å². The molecular formula is C12H13BrN2O2S. The summed E-state index contributed by atoms with van der Waals surface area (Å²) in [5.41, 5.74) is 0. The number of hydrogen-bond acceptors (Lipinski definition) is 4. The monoisotopic (exact) mass is 328 g/mol. The fourth-order valence-corrected chi connectivity index (χ4v) is 2.40. The van der Waals surface area contributed by atoms with Gasteiger partial charge in [-0.25, -0.2) is 0 Å². The largest absolute Gasteiger partial charge is 0.453 e. The van der Waals surface area contributed by atoms with Crippen LogP contribution in [0.25, 0.3) is 0 Å². The Labute approximate surface area is 118 Å². The van der Waals surface area contributed by atoms with Gasteiger partial charge in [-0.15, -0.1) is 11.3 Å². The quantitative estimate of drug-likeness (QED) is 0.801. The molecule has 4 nitrogen and oxygen atoms in total. The lowest BCUT2D eigenvalue weighted by atomic mass is 10.4. The first-order chi connectivity index (χ1) is 8.75. The van der Waals surface area contributed by atoms with Gasteiger partial charge in [-0.1, -0.05) is 6.07 Å². The molecule has 0 saturated carbocycles. The number of amides is 1. The average Bonchev–Trinajstić information content (AvgIpc) is 2.99. The number of nitrogens with one attached hydrogen (secondary N) is 2. The summed E-state index contributed by atoms with van der Waals surface area (Å²) < 4.78 is 6.07. The van der Waals surface area contributed by atoms with Gasteiger partial charge in [0, 0.05) is 13.1 Å². The van der Waals surface area contributed by atoms with Gasteiger partial charge in [0.05, 0.1) is 11.4 Å². The van der Waals surface area contributed by atoms with Crippen LogP contribution in [0.15, 0.2) is 38.7 Å². The van der Waals surface area contributed by atoms with Gasteiger partial charge in [-0.3, -0.25) is 4.79 Å². The first-order valence-electron chi connectivity index (χ1n) is 5.52. The van der Waals surface area contributed by atoms with E-state index in [1.165, 1.54) is 11.3 Å². The molecule has 0 aliphatic heterocycles. The lowest BCUT2D eigenvalue weighted by Gasteiger charge is -2.04. The van der Waals surface area contributed by atoms with E-state index in [0.717, 1.165) is 15.3 Å². The van der Waals surface area contributed by atoms with Crippen LogP contribution in [0.5, 0.6) is 0 Å². The molecule has 0 spiro atoms. The molecule has 18 heavy (non-hydrogen) atoms. The van der Waals surface area contributed by atoms with Gasteiger partial charge in [-0.05, 0) is 39.5 Å². The molecule has 2 rings (SSSR count). The molecule has 0 atom stereocenters. The van der Waals surface area contributed by atoms with Crippen LogP contribution in [0.4, 0.5) is 0 Å². The van der Waals surface area contributed by atoms with E-state index in [4.69, 9.17) is 4.42 Å². The third-order valence-corrected chi connectivity index (χ3v) is 3.56. The van der Waals surface area contributed by atoms with Gasteiger partial charge in [-0.2, -0.15) is 0 Å². The highest BCUT2D eigenvalue weighted by Crippen LogP contribution is 2.13. The number of hydrogen-bond donors (Lipinski definition) is 2. The first kappa shape index (κ1) is 13.3. The van der Waals surface area contributed by atoms with Gasteiger partial charge in [0.1, 0.15) is 5.76 Å². The number of halogens is 1. The van der Waals surface area contributed by atoms with Gasteiger partial charge in [0.2, 0.25) is 0 Å². The van der Waals surface area contributed by atoms with Gasteiger partial charge in [0.25, 0.3) is 5.91 Å². The Hall–Kier alpha value is -1.11. The minimum absolute atomic E-state index is 0.0208. The zero-order valence-electron chi connectivity index (χ0n) is 9.61. The molecule has 2 N–H and O–H groups in total. The number of rotatable bonds is 6. The molecule has 96 valence electrons. The maximum atomic E-state index is 11.6. The zero-order valence-corrected chi connectivity index (χ0v) is 12.0. The van der Waals surface area contributed by atoms with E-state index in [2.05, 4.69) is 26.6 Å². The molecule has 0 aliphatic rings. The van der Waals surface area contributed by atoms with Crippen molar-refractivity contribution in [2.75, 3.05) is 13.1 Å². The van der Waals surface area contributed by atoms with Gasteiger partial charge >= 0.3 is 0 Å². The smallest absolute Gasteiger partial charge is 0.261 e. The number of thiophene rings is 1. The zero-order chi connectivity index (χ0) is 12.8. The van der Waals surface area contributed by atoms with Gasteiger partial charge < -0.3 is 15.1 Å². The summed E-state index contributed by atoms with van der Waals surface area (Å²) in [7, 11) is 0. The molecule has 0 saturated heterocycles. The van der Waals surface area contributed by atoms with Crippen molar-refractivity contribution in [1.29, 1.82) is 0 Å². The molecular weight excluding hydrogens is 316 g/mol. The summed E-state index contributed by atoms with van der Waals surface area (Å²) in [6.07, 6.45) is 0. The van der Waals surface area contributed by atoms with Crippen LogP contribution in [0.1, 0.15) is 15.4 Å². The maximum absolute atomic E-state index is 11.6. The lowest BCUT2D eigenvalue weighted by molar-refractivity contribution is 0.0958. The molecule has 0 radical (unpaired) electrons. The van der Waals surface area contributed by atoms with Crippen LogP contribution >= 0.6 is 27.3 Å². The van der Waals surface area contributed by atoms with E-state index in [1.54, 1.807) is 0 Å². The van der Waals surface area contributed by atoms with Crippen molar-refractivity contribution in [2.45, 2.75) is 6.54 Å². The Bertz CT molecular complexity index is 496. The van der Waals surface area contributed by atoms with Crippen LogP contribution in [-0.4, -0.2) is 19.0 Å². The highest BCUT2D eigenvalue weighted by Gasteiger charge is 2.04. The minimum atomic E-state index is -0.0208. The van der Waals surface area contributed by atoms with Crippen LogP contribution in [0.2, 0.25) is 0 Å². The molecule has 1 amide bonds. The van der Waals surface area contributed by atoms with Crippen molar-refractivity contribution in [3.63, 3.8) is 0 Å². The van der Waals surface area contributed by atoms with Crippen molar-refractivity contribution in [3.05, 3.63) is 45.0 Å².